The van der Waals surface area contributed by atoms with Gasteiger partial charge in [-0.05, 0) is 48.7 Å². The van der Waals surface area contributed by atoms with Gasteiger partial charge in [-0.15, -0.1) is 0 Å². The third kappa shape index (κ3) is 5.36. The molecule has 0 spiro atoms. The second kappa shape index (κ2) is 8.93. The molecule has 28 heavy (non-hydrogen) atoms. The zero-order chi connectivity index (χ0) is 20.1. The summed E-state index contributed by atoms with van der Waals surface area (Å²) in [5, 5.41) is 2.53. The van der Waals surface area contributed by atoms with E-state index in [-0.39, 0.29) is 30.3 Å². The first-order valence-electron chi connectivity index (χ1n) is 9.26. The largest absolute Gasteiger partial charge is 0.368 e. The summed E-state index contributed by atoms with van der Waals surface area (Å²) in [6, 6.07) is 10.4. The van der Waals surface area contributed by atoms with Gasteiger partial charge >= 0.3 is 0 Å². The summed E-state index contributed by atoms with van der Waals surface area (Å²) < 4.78 is 19.0. The van der Waals surface area contributed by atoms with Gasteiger partial charge in [-0.25, -0.2) is 4.39 Å². The minimum atomic E-state index is -0.318. The van der Waals surface area contributed by atoms with Crippen LogP contribution < -0.4 is 5.32 Å². The van der Waals surface area contributed by atoms with Crippen LogP contribution in [0.25, 0.3) is 0 Å². The maximum absolute atomic E-state index is 13.1. The van der Waals surface area contributed by atoms with Gasteiger partial charge in [0, 0.05) is 19.2 Å². The maximum Gasteiger partial charge on any atom is 0.242 e. The molecular formula is C21H24FN3O3. The van der Waals surface area contributed by atoms with Crippen molar-refractivity contribution in [1.82, 2.24) is 15.2 Å². The normalized spacial score (nSPS) is 16.7. The van der Waals surface area contributed by atoms with Gasteiger partial charge in [0.05, 0.1) is 25.4 Å². The molecule has 3 rings (SSSR count). The van der Waals surface area contributed by atoms with Gasteiger partial charge in [0.1, 0.15) is 11.9 Å². The molecule has 1 aromatic heterocycles. The molecule has 0 radical (unpaired) electrons. The number of aryl methyl sites for hydroxylation is 1. The van der Waals surface area contributed by atoms with E-state index in [1.54, 1.807) is 17.0 Å². The molecule has 0 aliphatic carbocycles. The lowest BCUT2D eigenvalue weighted by atomic mass is 10.0. The zero-order valence-electron chi connectivity index (χ0n) is 16.1. The molecule has 6 nitrogen and oxygen atoms in total. The molecule has 0 unspecified atom stereocenters. The molecule has 1 saturated heterocycles. The molecule has 1 atom stereocenters. The van der Waals surface area contributed by atoms with E-state index in [0.29, 0.717) is 26.1 Å². The van der Waals surface area contributed by atoms with Crippen molar-refractivity contribution in [2.75, 3.05) is 26.2 Å². The van der Waals surface area contributed by atoms with Crippen molar-refractivity contribution >= 4 is 11.8 Å². The minimum Gasteiger partial charge on any atom is -0.368 e. The summed E-state index contributed by atoms with van der Waals surface area (Å²) in [7, 11) is 0. The number of nitrogens with zero attached hydrogens (tertiary/aromatic N) is 2. The van der Waals surface area contributed by atoms with E-state index in [1.165, 1.54) is 19.1 Å². The molecule has 7 heteroatoms. The Morgan fingerprint density at radius 1 is 1.25 bits per heavy atom. The van der Waals surface area contributed by atoms with Crippen molar-refractivity contribution < 1.29 is 18.7 Å². The van der Waals surface area contributed by atoms with Crippen molar-refractivity contribution in [2.45, 2.75) is 26.4 Å². The van der Waals surface area contributed by atoms with Crippen LogP contribution in [0.15, 0.2) is 36.4 Å². The summed E-state index contributed by atoms with van der Waals surface area (Å²) in [4.78, 5) is 29.6. The van der Waals surface area contributed by atoms with Crippen LogP contribution in [0.4, 0.5) is 4.39 Å². The lowest BCUT2D eigenvalue weighted by Gasteiger charge is -2.33. The number of aromatic nitrogens is 1. The lowest BCUT2D eigenvalue weighted by molar-refractivity contribution is -0.139. The Morgan fingerprint density at radius 2 is 2.00 bits per heavy atom. The third-order valence-electron chi connectivity index (χ3n) is 4.59. The molecule has 2 amide bonds. The standard InChI is InChI=1S/C21H24FN3O3/c1-14-9-17(10-16-3-5-18(22)6-4-16)11-19(24-14)20-13-25(7-8-28-20)21(27)12-23-15(2)26/h3-6,9,11,20H,7-8,10,12-13H2,1-2H3,(H,23,26)/t20-/m0/s1. The van der Waals surface area contributed by atoms with Crippen LogP contribution >= 0.6 is 0 Å². The van der Waals surface area contributed by atoms with Crippen molar-refractivity contribution in [3.63, 3.8) is 0 Å². The average molecular weight is 385 g/mol. The molecule has 2 heterocycles. The van der Waals surface area contributed by atoms with Crippen LogP contribution in [0.1, 0.15) is 35.5 Å². The highest BCUT2D eigenvalue weighted by Crippen LogP contribution is 2.23. The number of rotatable bonds is 5. The maximum atomic E-state index is 13.1. The Balaban J connectivity index is 1.71. The average Bonchev–Trinajstić information content (AvgIpc) is 2.67. The summed E-state index contributed by atoms with van der Waals surface area (Å²) >= 11 is 0. The number of benzene rings is 1. The van der Waals surface area contributed by atoms with Crippen molar-refractivity contribution in [3.05, 3.63) is 64.7 Å². The van der Waals surface area contributed by atoms with Crippen LogP contribution in [0, 0.1) is 12.7 Å². The Morgan fingerprint density at radius 3 is 2.71 bits per heavy atom. The monoisotopic (exact) mass is 385 g/mol. The van der Waals surface area contributed by atoms with Crippen molar-refractivity contribution in [3.8, 4) is 0 Å². The first-order chi connectivity index (χ1) is 13.4. The number of carbonyl (C=O) groups excluding carboxylic acids is 2. The first-order valence-corrected chi connectivity index (χ1v) is 9.26. The fourth-order valence-electron chi connectivity index (χ4n) is 3.24. The number of pyridine rings is 1. The molecule has 148 valence electrons. The van der Waals surface area contributed by atoms with Crippen molar-refractivity contribution in [1.29, 1.82) is 0 Å². The zero-order valence-corrected chi connectivity index (χ0v) is 16.1. The number of nitrogens with one attached hydrogen (secondary N) is 1. The topological polar surface area (TPSA) is 71.5 Å². The second-order valence-electron chi connectivity index (χ2n) is 6.95. The van der Waals surface area contributed by atoms with E-state index in [1.807, 2.05) is 19.1 Å². The van der Waals surface area contributed by atoms with Gasteiger partial charge in [0.15, 0.2) is 0 Å². The van der Waals surface area contributed by atoms with E-state index < -0.39 is 0 Å². The first kappa shape index (κ1) is 19.9. The molecule has 1 N–H and O–H groups in total. The van der Waals surface area contributed by atoms with E-state index in [2.05, 4.69) is 10.3 Å². The highest BCUT2D eigenvalue weighted by atomic mass is 19.1. The number of morpholine rings is 1. The van der Waals surface area contributed by atoms with E-state index in [0.717, 1.165) is 22.5 Å². The van der Waals surface area contributed by atoms with Gasteiger partial charge in [0.2, 0.25) is 11.8 Å². The van der Waals surface area contributed by atoms with Crippen LogP contribution in [0.5, 0.6) is 0 Å². The minimum absolute atomic E-state index is 0.0148. The second-order valence-corrected chi connectivity index (χ2v) is 6.95. The Labute approximate surface area is 163 Å². The molecule has 0 saturated carbocycles. The molecule has 1 aromatic carbocycles. The fourth-order valence-corrected chi connectivity index (χ4v) is 3.24. The van der Waals surface area contributed by atoms with Gasteiger partial charge < -0.3 is 15.0 Å². The summed E-state index contributed by atoms with van der Waals surface area (Å²) in [6.45, 7) is 4.58. The smallest absolute Gasteiger partial charge is 0.242 e. The SMILES string of the molecule is CC(=O)NCC(=O)N1CCO[C@H](c2cc(Cc3ccc(F)cc3)cc(C)n2)C1. The number of halogens is 1. The Kier molecular flexibility index (Phi) is 6.36. The number of carbonyl (C=O) groups is 2. The Bertz CT molecular complexity index is 854. The van der Waals surface area contributed by atoms with Gasteiger partial charge in [-0.2, -0.15) is 0 Å². The summed E-state index contributed by atoms with van der Waals surface area (Å²) in [5.74, 6) is -0.624. The number of hydrogen-bond acceptors (Lipinski definition) is 4. The summed E-state index contributed by atoms with van der Waals surface area (Å²) in [5.41, 5.74) is 3.70. The lowest BCUT2D eigenvalue weighted by Crippen LogP contribution is -2.46. The van der Waals surface area contributed by atoms with Crippen LogP contribution in [0.2, 0.25) is 0 Å². The fraction of sp³-hybridized carbons (Fsp3) is 0.381. The van der Waals surface area contributed by atoms with Crippen molar-refractivity contribution in [2.24, 2.45) is 0 Å². The molecule has 0 bridgehead atoms. The Hall–Kier alpha value is -2.80. The predicted octanol–water partition coefficient (Wildman–Crippen LogP) is 2.16. The molecule has 1 aliphatic heterocycles. The number of ether oxygens (including phenoxy) is 1. The van der Waals surface area contributed by atoms with Crippen LogP contribution in [-0.2, 0) is 20.7 Å². The predicted molar refractivity (Wildman–Crippen MR) is 102 cm³/mol. The molecule has 1 fully saturated rings. The molecular weight excluding hydrogens is 361 g/mol. The highest BCUT2D eigenvalue weighted by molar-refractivity contribution is 5.83. The number of amides is 2. The van der Waals surface area contributed by atoms with E-state index >= 15 is 0 Å². The van der Waals surface area contributed by atoms with Crippen LogP contribution in [0.3, 0.4) is 0 Å². The highest BCUT2D eigenvalue weighted by Gasteiger charge is 2.26. The third-order valence-corrected chi connectivity index (χ3v) is 4.59. The molecule has 1 aliphatic rings. The van der Waals surface area contributed by atoms with Gasteiger partial charge in [-0.3, -0.25) is 14.6 Å². The molecule has 2 aromatic rings. The van der Waals surface area contributed by atoms with Gasteiger partial charge in [0.25, 0.3) is 0 Å². The summed E-state index contributed by atoms with van der Waals surface area (Å²) in [6.07, 6.45) is 0.344. The van der Waals surface area contributed by atoms with E-state index in [4.69, 9.17) is 4.74 Å². The van der Waals surface area contributed by atoms with E-state index in [9.17, 15) is 14.0 Å². The number of hydrogen-bond donors (Lipinski definition) is 1. The van der Waals surface area contributed by atoms with Crippen LogP contribution in [-0.4, -0.2) is 47.9 Å². The quantitative estimate of drug-likeness (QED) is 0.856. The van der Waals surface area contributed by atoms with Gasteiger partial charge in [-0.1, -0.05) is 12.1 Å².